The third-order valence-corrected chi connectivity index (χ3v) is 2.25. The van der Waals surface area contributed by atoms with Gasteiger partial charge in [0.1, 0.15) is 6.61 Å². The molecule has 110 valence electrons. The van der Waals surface area contributed by atoms with Crippen molar-refractivity contribution in [2.75, 3.05) is 19.7 Å². The predicted molar refractivity (Wildman–Crippen MR) is 67.5 cm³/mol. The molecule has 0 aliphatic carbocycles. The first-order chi connectivity index (χ1) is 8.82. The number of carboxylic acid groups (broad SMARTS) is 1. The summed E-state index contributed by atoms with van der Waals surface area (Å²) in [7, 11) is 0. The molecule has 0 aliphatic heterocycles. The predicted octanol–water partition coefficient (Wildman–Crippen LogP) is 0.128. The number of urea groups is 1. The van der Waals surface area contributed by atoms with E-state index in [1.54, 1.807) is 0 Å². The fourth-order valence-electron chi connectivity index (χ4n) is 1.44. The number of carboxylic acids is 1. The van der Waals surface area contributed by atoms with Gasteiger partial charge >= 0.3 is 18.1 Å². The number of rotatable bonds is 8. The lowest BCUT2D eigenvalue weighted by Gasteiger charge is -2.15. The highest BCUT2D eigenvalue weighted by molar-refractivity contribution is 5.75. The normalized spacial score (nSPS) is 11.7. The highest BCUT2D eigenvalue weighted by Gasteiger charge is 2.19. The zero-order chi connectivity index (χ0) is 14.8. The SMILES string of the molecule is CC(C)CC(CNC(=O)NCCOC(N)=O)C(=O)O. The molecule has 0 saturated carbocycles. The largest absolute Gasteiger partial charge is 0.481 e. The highest BCUT2D eigenvalue weighted by Crippen LogP contribution is 2.10. The quantitative estimate of drug-likeness (QED) is 0.467. The molecule has 0 saturated heterocycles. The molecule has 1 unspecified atom stereocenters. The van der Waals surface area contributed by atoms with Crippen LogP contribution in [-0.4, -0.2) is 42.9 Å². The van der Waals surface area contributed by atoms with Gasteiger partial charge in [0.25, 0.3) is 0 Å². The van der Waals surface area contributed by atoms with Gasteiger partial charge in [0, 0.05) is 6.54 Å². The monoisotopic (exact) mass is 275 g/mol. The molecular weight excluding hydrogens is 254 g/mol. The molecule has 0 aliphatic rings. The molecule has 5 N–H and O–H groups in total. The Morgan fingerprint density at radius 2 is 1.89 bits per heavy atom. The van der Waals surface area contributed by atoms with Gasteiger partial charge in [-0.3, -0.25) is 4.79 Å². The first-order valence-electron chi connectivity index (χ1n) is 5.99. The van der Waals surface area contributed by atoms with Crippen LogP contribution in [0.25, 0.3) is 0 Å². The van der Waals surface area contributed by atoms with Crippen LogP contribution in [0.4, 0.5) is 9.59 Å². The van der Waals surface area contributed by atoms with E-state index in [-0.39, 0.29) is 25.6 Å². The van der Waals surface area contributed by atoms with E-state index in [0.717, 1.165) is 0 Å². The van der Waals surface area contributed by atoms with Crippen LogP contribution in [0.1, 0.15) is 20.3 Å². The Bertz CT molecular complexity index is 319. The molecule has 0 rings (SSSR count). The average Bonchev–Trinajstić information content (AvgIpc) is 2.29. The second kappa shape index (κ2) is 9.01. The summed E-state index contributed by atoms with van der Waals surface area (Å²) in [5, 5.41) is 13.8. The summed E-state index contributed by atoms with van der Waals surface area (Å²) in [6, 6.07) is -0.511. The van der Waals surface area contributed by atoms with E-state index >= 15 is 0 Å². The number of amides is 3. The van der Waals surface area contributed by atoms with Crippen molar-refractivity contribution in [2.45, 2.75) is 20.3 Å². The van der Waals surface area contributed by atoms with Gasteiger partial charge in [-0.25, -0.2) is 9.59 Å². The van der Waals surface area contributed by atoms with Crippen LogP contribution in [0.5, 0.6) is 0 Å². The third-order valence-electron chi connectivity index (χ3n) is 2.25. The molecule has 0 bridgehead atoms. The van der Waals surface area contributed by atoms with Crippen LogP contribution in [0, 0.1) is 11.8 Å². The lowest BCUT2D eigenvalue weighted by atomic mass is 9.97. The summed E-state index contributed by atoms with van der Waals surface area (Å²) in [5.41, 5.74) is 4.73. The number of ether oxygens (including phenoxy) is 1. The van der Waals surface area contributed by atoms with E-state index in [2.05, 4.69) is 15.4 Å². The first kappa shape index (κ1) is 17.0. The van der Waals surface area contributed by atoms with Crippen LogP contribution in [0.3, 0.4) is 0 Å². The molecular formula is C11H21N3O5. The van der Waals surface area contributed by atoms with E-state index in [0.29, 0.717) is 6.42 Å². The Balaban J connectivity index is 3.85. The number of primary amides is 1. The molecule has 0 aromatic carbocycles. The zero-order valence-corrected chi connectivity index (χ0v) is 11.1. The smallest absolute Gasteiger partial charge is 0.404 e. The van der Waals surface area contributed by atoms with Gasteiger partial charge in [0.15, 0.2) is 0 Å². The minimum atomic E-state index is -0.939. The summed E-state index contributed by atoms with van der Waals surface area (Å²) in [6.45, 7) is 3.96. The van der Waals surface area contributed by atoms with Crippen LogP contribution >= 0.6 is 0 Å². The molecule has 0 heterocycles. The lowest BCUT2D eigenvalue weighted by Crippen LogP contribution is -2.41. The number of carbonyl (C=O) groups excluding carboxylic acids is 2. The molecule has 0 radical (unpaired) electrons. The maximum Gasteiger partial charge on any atom is 0.404 e. The number of nitrogens with one attached hydrogen (secondary N) is 2. The van der Waals surface area contributed by atoms with Crippen molar-refractivity contribution in [3.63, 3.8) is 0 Å². The summed E-state index contributed by atoms with van der Waals surface area (Å²) in [4.78, 5) is 32.5. The van der Waals surface area contributed by atoms with Crippen molar-refractivity contribution in [1.29, 1.82) is 0 Å². The Morgan fingerprint density at radius 1 is 1.26 bits per heavy atom. The topological polar surface area (TPSA) is 131 Å². The molecule has 0 spiro atoms. The molecule has 0 fully saturated rings. The van der Waals surface area contributed by atoms with Crippen molar-refractivity contribution in [2.24, 2.45) is 17.6 Å². The van der Waals surface area contributed by atoms with Gasteiger partial charge in [-0.1, -0.05) is 13.8 Å². The Hall–Kier alpha value is -1.99. The Kier molecular flexibility index (Phi) is 8.07. The first-order valence-corrected chi connectivity index (χ1v) is 5.99. The third kappa shape index (κ3) is 9.69. The molecule has 8 nitrogen and oxygen atoms in total. The van der Waals surface area contributed by atoms with Gasteiger partial charge in [0.05, 0.1) is 12.5 Å². The van der Waals surface area contributed by atoms with Crippen LogP contribution < -0.4 is 16.4 Å². The van der Waals surface area contributed by atoms with E-state index in [1.807, 2.05) is 13.8 Å². The van der Waals surface area contributed by atoms with Crippen LogP contribution in [0.15, 0.2) is 0 Å². The fourth-order valence-corrected chi connectivity index (χ4v) is 1.44. The van der Waals surface area contributed by atoms with Gasteiger partial charge in [-0.15, -0.1) is 0 Å². The van der Waals surface area contributed by atoms with Gasteiger partial charge in [-0.2, -0.15) is 0 Å². The van der Waals surface area contributed by atoms with Crippen molar-refractivity contribution in [3.8, 4) is 0 Å². The second-order valence-corrected chi connectivity index (χ2v) is 4.47. The van der Waals surface area contributed by atoms with E-state index < -0.39 is 24.0 Å². The summed E-state index contributed by atoms with van der Waals surface area (Å²) >= 11 is 0. The average molecular weight is 275 g/mol. The second-order valence-electron chi connectivity index (χ2n) is 4.47. The molecule has 3 amide bonds. The summed E-state index contributed by atoms with van der Waals surface area (Å²) < 4.78 is 4.41. The standard InChI is InChI=1S/C11H21N3O5/c1-7(2)5-8(9(15)16)6-14-11(18)13-3-4-19-10(12)17/h7-8H,3-6H2,1-2H3,(H2,12,17)(H,15,16)(H2,13,14,18). The highest BCUT2D eigenvalue weighted by atomic mass is 16.5. The maximum absolute atomic E-state index is 11.3. The van der Waals surface area contributed by atoms with Gasteiger partial charge < -0.3 is 26.2 Å². The Labute approximate surface area is 111 Å². The van der Waals surface area contributed by atoms with Crippen LogP contribution in [0.2, 0.25) is 0 Å². The van der Waals surface area contributed by atoms with Gasteiger partial charge in [0.2, 0.25) is 0 Å². The minimum absolute atomic E-state index is 0.0306. The number of hydrogen-bond donors (Lipinski definition) is 4. The van der Waals surface area contributed by atoms with E-state index in [1.165, 1.54) is 0 Å². The Morgan fingerprint density at radius 3 is 2.37 bits per heavy atom. The number of hydrogen-bond acceptors (Lipinski definition) is 4. The lowest BCUT2D eigenvalue weighted by molar-refractivity contribution is -0.142. The van der Waals surface area contributed by atoms with E-state index in [4.69, 9.17) is 10.8 Å². The molecule has 0 aromatic rings. The van der Waals surface area contributed by atoms with E-state index in [9.17, 15) is 14.4 Å². The minimum Gasteiger partial charge on any atom is -0.481 e. The van der Waals surface area contributed by atoms with Crippen LogP contribution in [-0.2, 0) is 9.53 Å². The summed E-state index contributed by atoms with van der Waals surface area (Å²) in [5.74, 6) is -1.33. The van der Waals surface area contributed by atoms with Crippen molar-refractivity contribution < 1.29 is 24.2 Å². The van der Waals surface area contributed by atoms with Gasteiger partial charge in [-0.05, 0) is 12.3 Å². The molecule has 1 atom stereocenters. The number of carbonyl (C=O) groups is 3. The van der Waals surface area contributed by atoms with Crippen molar-refractivity contribution >= 4 is 18.1 Å². The molecule has 19 heavy (non-hydrogen) atoms. The molecule has 0 aromatic heterocycles. The fraction of sp³-hybridized carbons (Fsp3) is 0.727. The summed E-state index contributed by atoms with van der Waals surface area (Å²) in [6.07, 6.45) is -0.425. The zero-order valence-electron chi connectivity index (χ0n) is 11.1. The maximum atomic E-state index is 11.3. The van der Waals surface area contributed by atoms with Crippen molar-refractivity contribution in [1.82, 2.24) is 10.6 Å². The number of nitrogens with two attached hydrogens (primary N) is 1. The van der Waals surface area contributed by atoms with Crippen molar-refractivity contribution in [3.05, 3.63) is 0 Å². The number of aliphatic carboxylic acids is 1. The molecule has 8 heteroatoms.